The van der Waals surface area contributed by atoms with E-state index >= 15 is 0 Å². The molecule has 0 aromatic heterocycles. The van der Waals surface area contributed by atoms with E-state index in [-0.39, 0.29) is 12.1 Å². The summed E-state index contributed by atoms with van der Waals surface area (Å²) in [7, 11) is 0. The van der Waals surface area contributed by atoms with Gasteiger partial charge in [0.2, 0.25) is 0 Å². The van der Waals surface area contributed by atoms with Crippen molar-refractivity contribution >= 4 is 6.08 Å². The van der Waals surface area contributed by atoms with E-state index in [0.29, 0.717) is 6.08 Å². The minimum atomic E-state index is -5.80. The second kappa shape index (κ2) is 4.71. The van der Waals surface area contributed by atoms with E-state index in [9.17, 15) is 39.5 Å². The van der Waals surface area contributed by atoms with Gasteiger partial charge in [0.25, 0.3) is 0 Å². The fourth-order valence-corrected chi connectivity index (χ4v) is 1.53. The van der Waals surface area contributed by atoms with Crippen LogP contribution in [0, 0.1) is 0 Å². The Hall–Kier alpha value is -1.67. The van der Waals surface area contributed by atoms with Gasteiger partial charge in [-0.05, 0) is 17.7 Å². The number of benzene rings is 1. The minimum Gasteiger partial charge on any atom is -0.166 e. The van der Waals surface area contributed by atoms with Gasteiger partial charge in [0, 0.05) is 0 Å². The summed E-state index contributed by atoms with van der Waals surface area (Å²) >= 11 is 0. The topological polar surface area (TPSA) is 0 Å². The Balaban J connectivity index is 3.88. The van der Waals surface area contributed by atoms with Crippen molar-refractivity contribution in [2.24, 2.45) is 0 Å². The first kappa shape index (κ1) is 16.4. The molecule has 0 saturated heterocycles. The van der Waals surface area contributed by atoms with Crippen LogP contribution in [0.5, 0.6) is 0 Å². The number of hydrogen-bond donors (Lipinski definition) is 0. The maximum absolute atomic E-state index is 12.6. The molecular formula is C11H5F9. The van der Waals surface area contributed by atoms with Crippen LogP contribution >= 0.6 is 0 Å². The quantitative estimate of drug-likeness (QED) is 0.611. The van der Waals surface area contributed by atoms with Crippen LogP contribution < -0.4 is 0 Å². The van der Waals surface area contributed by atoms with Crippen molar-refractivity contribution in [1.29, 1.82) is 0 Å². The normalized spacial score (nSPS) is 13.4. The van der Waals surface area contributed by atoms with Gasteiger partial charge >= 0.3 is 18.5 Å². The Morgan fingerprint density at radius 2 is 1.05 bits per heavy atom. The van der Waals surface area contributed by atoms with E-state index in [0.717, 1.165) is 0 Å². The van der Waals surface area contributed by atoms with E-state index in [1.165, 1.54) is 0 Å². The average Bonchev–Trinajstić information content (AvgIpc) is 2.23. The maximum Gasteiger partial charge on any atom is 0.417 e. The number of alkyl halides is 9. The fourth-order valence-electron chi connectivity index (χ4n) is 1.53. The highest BCUT2D eigenvalue weighted by Crippen LogP contribution is 2.47. The molecule has 0 aliphatic rings. The Kier molecular flexibility index (Phi) is 3.86. The van der Waals surface area contributed by atoms with Crippen molar-refractivity contribution in [1.82, 2.24) is 0 Å². The molecule has 0 atom stereocenters. The first-order valence-electron chi connectivity index (χ1n) is 4.80. The Morgan fingerprint density at radius 3 is 1.25 bits per heavy atom. The van der Waals surface area contributed by atoms with Gasteiger partial charge in [-0.25, -0.2) is 0 Å². The van der Waals surface area contributed by atoms with Crippen LogP contribution in [0.4, 0.5) is 39.5 Å². The van der Waals surface area contributed by atoms with Crippen molar-refractivity contribution in [3.05, 3.63) is 41.0 Å². The second-order valence-corrected chi connectivity index (χ2v) is 3.69. The van der Waals surface area contributed by atoms with Gasteiger partial charge in [-0.2, -0.15) is 39.5 Å². The summed E-state index contributed by atoms with van der Waals surface area (Å²) < 4.78 is 113. The lowest BCUT2D eigenvalue weighted by Gasteiger charge is -2.21. The Morgan fingerprint density at radius 1 is 0.700 bits per heavy atom. The summed E-state index contributed by atoms with van der Waals surface area (Å²) in [5.41, 5.74) is -8.25. The molecule has 0 amide bonds. The van der Waals surface area contributed by atoms with E-state index < -0.39 is 40.8 Å². The third-order valence-electron chi connectivity index (χ3n) is 2.29. The van der Waals surface area contributed by atoms with Gasteiger partial charge in [0.15, 0.2) is 0 Å². The van der Waals surface area contributed by atoms with E-state index in [2.05, 4.69) is 6.58 Å². The predicted molar refractivity (Wildman–Crippen MR) is 51.5 cm³/mol. The number of halogens is 9. The lowest BCUT2D eigenvalue weighted by Crippen LogP contribution is -2.23. The molecule has 0 bridgehead atoms. The lowest BCUT2D eigenvalue weighted by molar-refractivity contribution is -0.174. The molecule has 0 saturated carbocycles. The third kappa shape index (κ3) is 3.26. The van der Waals surface area contributed by atoms with Crippen LogP contribution in [0.25, 0.3) is 6.08 Å². The molecule has 1 aromatic rings. The van der Waals surface area contributed by atoms with Gasteiger partial charge in [0.1, 0.15) is 0 Å². The van der Waals surface area contributed by atoms with E-state index in [1.54, 1.807) is 0 Å². The zero-order valence-corrected chi connectivity index (χ0v) is 9.34. The molecule has 0 spiro atoms. The molecule has 0 nitrogen and oxygen atoms in total. The van der Waals surface area contributed by atoms with Crippen molar-refractivity contribution in [3.63, 3.8) is 0 Å². The second-order valence-electron chi connectivity index (χ2n) is 3.69. The van der Waals surface area contributed by atoms with Crippen molar-refractivity contribution in [3.8, 4) is 0 Å². The lowest BCUT2D eigenvalue weighted by atomic mass is 9.96. The molecule has 0 aliphatic carbocycles. The smallest absolute Gasteiger partial charge is 0.166 e. The summed E-state index contributed by atoms with van der Waals surface area (Å²) in [6, 6.07) is -0.0455. The van der Waals surface area contributed by atoms with Gasteiger partial charge in [-0.15, -0.1) is 0 Å². The first-order valence-corrected chi connectivity index (χ1v) is 4.80. The standard InChI is InChI=1S/C11H5F9/c1-2-5-3-6(9(12,13)14)8(11(18,19)20)7(4-5)10(15,16)17/h2-4H,1H2. The molecule has 112 valence electrons. The fraction of sp³-hybridized carbons (Fsp3) is 0.273. The SMILES string of the molecule is C=Cc1cc(C(F)(F)F)c(C(F)(F)F)c(C(F)(F)F)c1. The maximum atomic E-state index is 12.6. The van der Waals surface area contributed by atoms with E-state index in [4.69, 9.17) is 0 Å². The predicted octanol–water partition coefficient (Wildman–Crippen LogP) is 5.39. The number of rotatable bonds is 1. The van der Waals surface area contributed by atoms with Crippen molar-refractivity contribution < 1.29 is 39.5 Å². The molecule has 0 unspecified atom stereocenters. The van der Waals surface area contributed by atoms with Gasteiger partial charge < -0.3 is 0 Å². The highest BCUT2D eigenvalue weighted by atomic mass is 19.4. The monoisotopic (exact) mass is 308 g/mol. The van der Waals surface area contributed by atoms with Crippen LogP contribution in [-0.2, 0) is 18.5 Å². The van der Waals surface area contributed by atoms with Gasteiger partial charge in [-0.3, -0.25) is 0 Å². The molecule has 0 radical (unpaired) electrons. The zero-order valence-electron chi connectivity index (χ0n) is 9.34. The van der Waals surface area contributed by atoms with Crippen LogP contribution in [0.3, 0.4) is 0 Å². The summed E-state index contributed by atoms with van der Waals surface area (Å²) in [4.78, 5) is 0. The van der Waals surface area contributed by atoms with E-state index in [1.807, 2.05) is 0 Å². The highest BCUT2D eigenvalue weighted by molar-refractivity contribution is 5.55. The van der Waals surface area contributed by atoms with Crippen LogP contribution in [0.1, 0.15) is 22.3 Å². The van der Waals surface area contributed by atoms with Crippen LogP contribution in [0.15, 0.2) is 18.7 Å². The molecule has 0 fully saturated rings. The third-order valence-corrected chi connectivity index (χ3v) is 2.29. The molecule has 20 heavy (non-hydrogen) atoms. The minimum absolute atomic E-state index is 0.0228. The van der Waals surface area contributed by atoms with Gasteiger partial charge in [-0.1, -0.05) is 12.7 Å². The zero-order chi connectivity index (χ0) is 15.9. The highest BCUT2D eigenvalue weighted by Gasteiger charge is 2.50. The summed E-state index contributed by atoms with van der Waals surface area (Å²) in [6.07, 6.45) is -16.4. The summed E-state index contributed by atoms with van der Waals surface area (Å²) in [5, 5.41) is 0. The van der Waals surface area contributed by atoms with Gasteiger partial charge in [0.05, 0.1) is 16.7 Å². The average molecular weight is 308 g/mol. The van der Waals surface area contributed by atoms with Crippen molar-refractivity contribution in [2.45, 2.75) is 18.5 Å². The largest absolute Gasteiger partial charge is 0.417 e. The number of hydrogen-bond acceptors (Lipinski definition) is 0. The molecule has 0 aliphatic heterocycles. The summed E-state index contributed by atoms with van der Waals surface area (Å²) in [5.74, 6) is 0. The Bertz CT molecular complexity index is 481. The summed E-state index contributed by atoms with van der Waals surface area (Å²) in [6.45, 7) is 2.95. The molecule has 1 rings (SSSR count). The molecule has 1 aromatic carbocycles. The molecule has 0 N–H and O–H groups in total. The molecule has 9 heteroatoms. The van der Waals surface area contributed by atoms with Crippen molar-refractivity contribution in [2.75, 3.05) is 0 Å². The van der Waals surface area contributed by atoms with Crippen LogP contribution in [0.2, 0.25) is 0 Å². The first-order chi connectivity index (χ1) is 8.78. The molecule has 0 heterocycles. The Labute approximate surface area is 106 Å². The van der Waals surface area contributed by atoms with Crippen LogP contribution in [-0.4, -0.2) is 0 Å². The molecular weight excluding hydrogens is 303 g/mol.